The van der Waals surface area contributed by atoms with E-state index in [2.05, 4.69) is 37.9 Å². The Morgan fingerprint density at radius 1 is 1.09 bits per heavy atom. The first kappa shape index (κ1) is 19.3. The summed E-state index contributed by atoms with van der Waals surface area (Å²) in [6.45, 7) is 12.0. The quantitative estimate of drug-likeness (QED) is 0.799. The van der Waals surface area contributed by atoms with Gasteiger partial charge in [-0.25, -0.2) is 0 Å². The maximum Gasteiger partial charge on any atom is 0.251 e. The number of nitrogens with one attached hydrogen (secondary N) is 1. The fourth-order valence-electron chi connectivity index (χ4n) is 2.73. The molecular weight excluding hydrogens is 292 g/mol. The van der Waals surface area contributed by atoms with Crippen LogP contribution in [0.5, 0.6) is 11.5 Å². The smallest absolute Gasteiger partial charge is 0.251 e. The maximum atomic E-state index is 12.4. The van der Waals surface area contributed by atoms with E-state index in [1.165, 1.54) is 0 Å². The molecule has 0 aliphatic rings. The van der Waals surface area contributed by atoms with Gasteiger partial charge in [-0.2, -0.15) is 0 Å². The normalized spacial score (nSPS) is 11.2. The second-order valence-corrected chi connectivity index (χ2v) is 6.19. The molecule has 1 aromatic carbocycles. The van der Waals surface area contributed by atoms with Crippen molar-refractivity contribution >= 4 is 5.91 Å². The summed E-state index contributed by atoms with van der Waals surface area (Å²) in [7, 11) is 3.18. The minimum absolute atomic E-state index is 0.117. The van der Waals surface area contributed by atoms with Gasteiger partial charge >= 0.3 is 0 Å². The van der Waals surface area contributed by atoms with Crippen molar-refractivity contribution in [3.8, 4) is 11.5 Å². The SMILES string of the molecule is COc1cc(C(=O)NCCN(C(C)C)C(C)C)cc(OC)c1C. The number of hydrogen-bond donors (Lipinski definition) is 1. The van der Waals surface area contributed by atoms with Crippen LogP contribution in [0.2, 0.25) is 0 Å². The third-order valence-electron chi connectivity index (χ3n) is 4.00. The summed E-state index contributed by atoms with van der Waals surface area (Å²) in [6.07, 6.45) is 0. The zero-order valence-electron chi connectivity index (χ0n) is 15.4. The lowest BCUT2D eigenvalue weighted by Crippen LogP contribution is -2.42. The van der Waals surface area contributed by atoms with Gasteiger partial charge in [-0.15, -0.1) is 0 Å². The summed E-state index contributed by atoms with van der Waals surface area (Å²) in [5.74, 6) is 1.19. The molecule has 5 heteroatoms. The van der Waals surface area contributed by atoms with Gasteiger partial charge in [0, 0.05) is 36.3 Å². The zero-order chi connectivity index (χ0) is 17.6. The molecule has 23 heavy (non-hydrogen) atoms. The molecule has 0 unspecified atom stereocenters. The van der Waals surface area contributed by atoms with E-state index in [0.29, 0.717) is 35.7 Å². The van der Waals surface area contributed by atoms with Gasteiger partial charge in [0.05, 0.1) is 14.2 Å². The first-order valence-corrected chi connectivity index (χ1v) is 8.08. The second-order valence-electron chi connectivity index (χ2n) is 6.19. The van der Waals surface area contributed by atoms with Gasteiger partial charge in [0.15, 0.2) is 0 Å². The van der Waals surface area contributed by atoms with Crippen LogP contribution in [0.1, 0.15) is 43.6 Å². The highest BCUT2D eigenvalue weighted by Gasteiger charge is 2.15. The molecule has 1 aromatic rings. The van der Waals surface area contributed by atoms with E-state index in [1.54, 1.807) is 26.4 Å². The third kappa shape index (κ3) is 5.13. The Labute approximate surface area is 140 Å². The summed E-state index contributed by atoms with van der Waals surface area (Å²) in [6, 6.07) is 4.39. The van der Waals surface area contributed by atoms with E-state index in [9.17, 15) is 4.79 Å². The van der Waals surface area contributed by atoms with Crippen LogP contribution in [-0.2, 0) is 0 Å². The van der Waals surface area contributed by atoms with Gasteiger partial charge in [0.25, 0.3) is 5.91 Å². The van der Waals surface area contributed by atoms with Crippen molar-refractivity contribution in [2.45, 2.75) is 46.7 Å². The molecule has 1 N–H and O–H groups in total. The van der Waals surface area contributed by atoms with Crippen molar-refractivity contribution in [3.63, 3.8) is 0 Å². The van der Waals surface area contributed by atoms with Crippen molar-refractivity contribution in [2.24, 2.45) is 0 Å². The Balaban J connectivity index is 2.75. The Kier molecular flexibility index (Phi) is 7.36. The molecule has 1 amide bonds. The molecule has 0 saturated carbocycles. The number of ether oxygens (including phenoxy) is 2. The van der Waals surface area contributed by atoms with Gasteiger partial charge in [-0.3, -0.25) is 9.69 Å². The fourth-order valence-corrected chi connectivity index (χ4v) is 2.73. The van der Waals surface area contributed by atoms with Crippen LogP contribution < -0.4 is 14.8 Å². The Morgan fingerprint density at radius 2 is 1.57 bits per heavy atom. The number of hydrogen-bond acceptors (Lipinski definition) is 4. The van der Waals surface area contributed by atoms with Crippen molar-refractivity contribution in [1.82, 2.24) is 10.2 Å². The maximum absolute atomic E-state index is 12.4. The van der Waals surface area contributed by atoms with E-state index in [-0.39, 0.29) is 5.91 Å². The van der Waals surface area contributed by atoms with Crippen LogP contribution in [-0.4, -0.2) is 50.2 Å². The molecule has 0 aliphatic carbocycles. The molecular formula is C18H30N2O3. The molecule has 0 aromatic heterocycles. The molecule has 1 rings (SSSR count). The first-order chi connectivity index (χ1) is 10.8. The topological polar surface area (TPSA) is 50.8 Å². The van der Waals surface area contributed by atoms with Gasteiger partial charge < -0.3 is 14.8 Å². The van der Waals surface area contributed by atoms with Crippen LogP contribution in [0, 0.1) is 6.92 Å². The largest absolute Gasteiger partial charge is 0.496 e. The van der Waals surface area contributed by atoms with E-state index in [1.807, 2.05) is 6.92 Å². The van der Waals surface area contributed by atoms with Crippen LogP contribution in [0.3, 0.4) is 0 Å². The summed E-state index contributed by atoms with van der Waals surface area (Å²) in [4.78, 5) is 14.7. The molecule has 5 nitrogen and oxygen atoms in total. The highest BCUT2D eigenvalue weighted by Crippen LogP contribution is 2.29. The Morgan fingerprint density at radius 3 is 1.96 bits per heavy atom. The molecule has 0 saturated heterocycles. The summed E-state index contributed by atoms with van der Waals surface area (Å²) in [5, 5.41) is 2.97. The molecule has 130 valence electrons. The minimum atomic E-state index is -0.117. The van der Waals surface area contributed by atoms with Crippen molar-refractivity contribution in [1.29, 1.82) is 0 Å². The molecule has 0 fully saturated rings. The predicted octanol–water partition coefficient (Wildman–Crippen LogP) is 2.86. The van der Waals surface area contributed by atoms with Gasteiger partial charge in [-0.05, 0) is 46.8 Å². The molecule has 0 bridgehead atoms. The van der Waals surface area contributed by atoms with Gasteiger partial charge in [0.1, 0.15) is 11.5 Å². The lowest BCUT2D eigenvalue weighted by atomic mass is 10.1. The lowest BCUT2D eigenvalue weighted by molar-refractivity contribution is 0.0938. The number of carbonyl (C=O) groups excluding carboxylic acids is 1. The number of benzene rings is 1. The minimum Gasteiger partial charge on any atom is -0.496 e. The molecule has 0 aliphatic heterocycles. The van der Waals surface area contributed by atoms with Crippen LogP contribution in [0.15, 0.2) is 12.1 Å². The second kappa shape index (κ2) is 8.77. The number of nitrogens with zero attached hydrogens (tertiary/aromatic N) is 1. The highest BCUT2D eigenvalue weighted by molar-refractivity contribution is 5.95. The molecule has 0 radical (unpaired) electrons. The predicted molar refractivity (Wildman–Crippen MR) is 93.6 cm³/mol. The summed E-state index contributed by atoms with van der Waals surface area (Å²) >= 11 is 0. The van der Waals surface area contributed by atoms with Crippen LogP contribution in [0.25, 0.3) is 0 Å². The number of methoxy groups -OCH3 is 2. The van der Waals surface area contributed by atoms with E-state index in [0.717, 1.165) is 12.1 Å². The van der Waals surface area contributed by atoms with E-state index < -0.39 is 0 Å². The molecule has 0 heterocycles. The van der Waals surface area contributed by atoms with Crippen LogP contribution >= 0.6 is 0 Å². The van der Waals surface area contributed by atoms with E-state index in [4.69, 9.17) is 9.47 Å². The molecule has 0 spiro atoms. The lowest BCUT2D eigenvalue weighted by Gasteiger charge is -2.30. The monoisotopic (exact) mass is 322 g/mol. The number of carbonyl (C=O) groups is 1. The first-order valence-electron chi connectivity index (χ1n) is 8.08. The van der Waals surface area contributed by atoms with Gasteiger partial charge in [-0.1, -0.05) is 0 Å². The van der Waals surface area contributed by atoms with E-state index >= 15 is 0 Å². The third-order valence-corrected chi connectivity index (χ3v) is 4.00. The van der Waals surface area contributed by atoms with Crippen LogP contribution in [0.4, 0.5) is 0 Å². The average molecular weight is 322 g/mol. The standard InChI is InChI=1S/C18H30N2O3/c1-12(2)20(13(3)4)9-8-19-18(21)15-10-16(22-6)14(5)17(11-15)23-7/h10-13H,8-9H2,1-7H3,(H,19,21). The fraction of sp³-hybridized carbons (Fsp3) is 0.611. The Bertz CT molecular complexity index is 494. The zero-order valence-corrected chi connectivity index (χ0v) is 15.4. The molecule has 0 atom stereocenters. The van der Waals surface area contributed by atoms with Gasteiger partial charge in [0.2, 0.25) is 0 Å². The summed E-state index contributed by atoms with van der Waals surface area (Å²) < 4.78 is 10.6. The highest BCUT2D eigenvalue weighted by atomic mass is 16.5. The average Bonchev–Trinajstić information content (AvgIpc) is 2.50. The Hall–Kier alpha value is -1.75. The number of amides is 1. The number of rotatable bonds is 8. The van der Waals surface area contributed by atoms with Crippen molar-refractivity contribution < 1.29 is 14.3 Å². The van der Waals surface area contributed by atoms with Crippen molar-refractivity contribution in [2.75, 3.05) is 27.3 Å². The van der Waals surface area contributed by atoms with Crippen molar-refractivity contribution in [3.05, 3.63) is 23.3 Å². The summed E-state index contributed by atoms with van der Waals surface area (Å²) in [5.41, 5.74) is 1.43.